The fraction of sp³-hybridized carbons (Fsp3) is 0.959. The molecule has 1 amide bonds. The van der Waals surface area contributed by atoms with Crippen molar-refractivity contribution in [3.63, 3.8) is 0 Å². The van der Waals surface area contributed by atoms with E-state index in [1.165, 1.54) is 186 Å². The predicted molar refractivity (Wildman–Crippen MR) is 237 cm³/mol. The second-order valence-electron chi connectivity index (χ2n) is 17.2. The summed E-state index contributed by atoms with van der Waals surface area (Å²) in [5, 5.41) is 23.2. The molecule has 2 unspecified atom stereocenters. The summed E-state index contributed by atoms with van der Waals surface area (Å²) < 4.78 is 5.44. The summed E-state index contributed by atoms with van der Waals surface area (Å²) in [5.41, 5.74) is 0. The topological polar surface area (TPSA) is 95.9 Å². The molecule has 0 radical (unpaired) electrons. The van der Waals surface area contributed by atoms with E-state index in [0.29, 0.717) is 25.9 Å². The first-order valence-electron chi connectivity index (χ1n) is 24.8. The number of carbonyl (C=O) groups is 2. The van der Waals surface area contributed by atoms with Crippen molar-refractivity contribution in [3.8, 4) is 0 Å². The third-order valence-corrected chi connectivity index (χ3v) is 11.7. The summed E-state index contributed by atoms with van der Waals surface area (Å²) >= 11 is 0. The van der Waals surface area contributed by atoms with Gasteiger partial charge in [-0.15, -0.1) is 0 Å². The van der Waals surface area contributed by atoms with E-state index in [2.05, 4.69) is 19.2 Å². The smallest absolute Gasteiger partial charge is 0.305 e. The van der Waals surface area contributed by atoms with E-state index in [4.69, 9.17) is 4.74 Å². The largest absolute Gasteiger partial charge is 0.466 e. The third kappa shape index (κ3) is 42.3. The van der Waals surface area contributed by atoms with Crippen molar-refractivity contribution in [2.75, 3.05) is 13.2 Å². The molecule has 0 saturated heterocycles. The molecule has 6 nitrogen and oxygen atoms in total. The van der Waals surface area contributed by atoms with Gasteiger partial charge >= 0.3 is 5.97 Å². The van der Waals surface area contributed by atoms with Crippen LogP contribution in [0.5, 0.6) is 0 Å². The van der Waals surface area contributed by atoms with Crippen LogP contribution < -0.4 is 5.32 Å². The van der Waals surface area contributed by atoms with Crippen LogP contribution in [0.3, 0.4) is 0 Å². The summed E-state index contributed by atoms with van der Waals surface area (Å²) in [6.45, 7) is 4.92. The van der Waals surface area contributed by atoms with E-state index >= 15 is 0 Å². The summed E-state index contributed by atoms with van der Waals surface area (Å²) in [6.07, 6.45) is 49.1. The minimum Gasteiger partial charge on any atom is -0.466 e. The van der Waals surface area contributed by atoms with E-state index in [-0.39, 0.29) is 18.5 Å². The highest BCUT2D eigenvalue weighted by atomic mass is 16.5. The quantitative estimate of drug-likeness (QED) is 0.0422. The van der Waals surface area contributed by atoms with Gasteiger partial charge in [0.15, 0.2) is 0 Å². The molecule has 0 aliphatic carbocycles. The molecule has 55 heavy (non-hydrogen) atoms. The number of hydrogen-bond acceptors (Lipinski definition) is 5. The molecule has 0 spiro atoms. The normalized spacial score (nSPS) is 12.6. The van der Waals surface area contributed by atoms with Crippen LogP contribution in [0.4, 0.5) is 0 Å². The Balaban J connectivity index is 3.46. The molecule has 0 aliphatic heterocycles. The number of ether oxygens (including phenoxy) is 1. The highest BCUT2D eigenvalue weighted by Gasteiger charge is 2.20. The highest BCUT2D eigenvalue weighted by molar-refractivity contribution is 5.76. The van der Waals surface area contributed by atoms with Crippen molar-refractivity contribution in [2.24, 2.45) is 0 Å². The average molecular weight is 780 g/mol. The van der Waals surface area contributed by atoms with Crippen molar-refractivity contribution in [3.05, 3.63) is 0 Å². The van der Waals surface area contributed by atoms with Crippen molar-refractivity contribution in [1.29, 1.82) is 0 Å². The van der Waals surface area contributed by atoms with Gasteiger partial charge in [0, 0.05) is 12.8 Å². The predicted octanol–water partition coefficient (Wildman–Crippen LogP) is 14.4. The SMILES string of the molecule is CCCCCCCCCCCCCCCCCC(O)C(CO)NC(=O)CCCCCCCCCCCCCCOC(=O)CCCCCCCCCCCCC. The van der Waals surface area contributed by atoms with Gasteiger partial charge in [0.25, 0.3) is 0 Å². The van der Waals surface area contributed by atoms with E-state index in [9.17, 15) is 19.8 Å². The Labute approximate surface area is 343 Å². The molecule has 0 saturated carbocycles. The van der Waals surface area contributed by atoms with Gasteiger partial charge in [0.1, 0.15) is 0 Å². The first-order valence-corrected chi connectivity index (χ1v) is 24.8. The third-order valence-electron chi connectivity index (χ3n) is 11.7. The fourth-order valence-electron chi connectivity index (χ4n) is 7.82. The number of rotatable bonds is 46. The van der Waals surface area contributed by atoms with Gasteiger partial charge in [-0.3, -0.25) is 9.59 Å². The molecule has 0 aliphatic rings. The Morgan fingerprint density at radius 1 is 0.436 bits per heavy atom. The van der Waals surface area contributed by atoms with Crippen molar-refractivity contribution >= 4 is 11.9 Å². The maximum absolute atomic E-state index is 12.4. The lowest BCUT2D eigenvalue weighted by Gasteiger charge is -2.22. The standard InChI is InChI=1S/C49H97NO5/c1-3-5-7-9-11-13-15-16-17-18-22-25-29-33-37-41-47(52)46(45-51)50-48(53)42-38-34-30-26-23-19-20-24-28-32-36-40-44-55-49(54)43-39-35-31-27-21-14-12-10-8-6-4-2/h46-47,51-52H,3-45H2,1-2H3,(H,50,53). The lowest BCUT2D eigenvalue weighted by molar-refractivity contribution is -0.143. The molecular formula is C49H97NO5. The zero-order valence-corrected chi connectivity index (χ0v) is 37.2. The molecular weight excluding hydrogens is 683 g/mol. The van der Waals surface area contributed by atoms with E-state index < -0.39 is 12.1 Å². The van der Waals surface area contributed by atoms with Crippen LogP contribution in [0.15, 0.2) is 0 Å². The van der Waals surface area contributed by atoms with Crippen molar-refractivity contribution in [2.45, 2.75) is 289 Å². The summed E-state index contributed by atoms with van der Waals surface area (Å²) in [5.74, 6) is -0.0578. The molecule has 0 fully saturated rings. The van der Waals surface area contributed by atoms with Crippen LogP contribution in [0.1, 0.15) is 277 Å². The first kappa shape index (κ1) is 53.9. The minimum absolute atomic E-state index is 0.00902. The van der Waals surface area contributed by atoms with Crippen molar-refractivity contribution < 1.29 is 24.5 Å². The minimum atomic E-state index is -0.672. The lowest BCUT2D eigenvalue weighted by atomic mass is 10.0. The first-order chi connectivity index (χ1) is 27.0. The second-order valence-corrected chi connectivity index (χ2v) is 17.2. The van der Waals surface area contributed by atoms with Gasteiger partial charge in [0.2, 0.25) is 5.91 Å². The zero-order valence-electron chi connectivity index (χ0n) is 37.2. The molecule has 0 heterocycles. The Kier molecular flexibility index (Phi) is 44.6. The monoisotopic (exact) mass is 780 g/mol. The number of nitrogens with one attached hydrogen (secondary N) is 1. The Morgan fingerprint density at radius 3 is 1.11 bits per heavy atom. The van der Waals surface area contributed by atoms with E-state index in [0.717, 1.165) is 57.8 Å². The number of hydrogen-bond donors (Lipinski definition) is 3. The maximum Gasteiger partial charge on any atom is 0.305 e. The number of esters is 1. The van der Waals surface area contributed by atoms with Crippen LogP contribution in [0, 0.1) is 0 Å². The van der Waals surface area contributed by atoms with Gasteiger partial charge in [-0.05, 0) is 25.7 Å². The molecule has 3 N–H and O–H groups in total. The van der Waals surface area contributed by atoms with E-state index in [1.54, 1.807) is 0 Å². The van der Waals surface area contributed by atoms with Crippen LogP contribution in [-0.4, -0.2) is 47.4 Å². The molecule has 0 aromatic heterocycles. The number of aliphatic hydroxyl groups excluding tert-OH is 2. The van der Waals surface area contributed by atoms with Gasteiger partial charge in [-0.25, -0.2) is 0 Å². The summed E-state index contributed by atoms with van der Waals surface area (Å²) in [4.78, 5) is 24.4. The Hall–Kier alpha value is -1.14. The number of amides is 1. The molecule has 0 rings (SSSR count). The zero-order chi connectivity index (χ0) is 40.1. The number of unbranched alkanes of at least 4 members (excludes halogenated alkanes) is 35. The van der Waals surface area contributed by atoms with Crippen LogP contribution in [-0.2, 0) is 14.3 Å². The summed E-state index contributed by atoms with van der Waals surface area (Å²) in [6, 6.07) is -0.550. The molecule has 2 atom stereocenters. The highest BCUT2D eigenvalue weighted by Crippen LogP contribution is 2.17. The average Bonchev–Trinajstić information content (AvgIpc) is 3.18. The molecule has 6 heteroatoms. The second kappa shape index (κ2) is 45.6. The van der Waals surface area contributed by atoms with Crippen LogP contribution >= 0.6 is 0 Å². The van der Waals surface area contributed by atoms with Crippen molar-refractivity contribution in [1.82, 2.24) is 5.32 Å². The van der Waals surface area contributed by atoms with Crippen LogP contribution in [0.25, 0.3) is 0 Å². The Bertz CT molecular complexity index is 776. The molecule has 0 bridgehead atoms. The van der Waals surface area contributed by atoms with E-state index in [1.807, 2.05) is 0 Å². The van der Waals surface area contributed by atoms with Crippen LogP contribution in [0.2, 0.25) is 0 Å². The van der Waals surface area contributed by atoms with Gasteiger partial charge in [0.05, 0.1) is 25.4 Å². The Morgan fingerprint density at radius 2 is 0.745 bits per heavy atom. The molecule has 0 aromatic carbocycles. The molecule has 0 aromatic rings. The fourth-order valence-corrected chi connectivity index (χ4v) is 7.82. The van der Waals surface area contributed by atoms with Gasteiger partial charge in [-0.2, -0.15) is 0 Å². The van der Waals surface area contributed by atoms with Gasteiger partial charge < -0.3 is 20.3 Å². The summed E-state index contributed by atoms with van der Waals surface area (Å²) in [7, 11) is 0. The molecule has 328 valence electrons. The number of carbonyl (C=O) groups excluding carboxylic acids is 2. The maximum atomic E-state index is 12.4. The van der Waals surface area contributed by atoms with Gasteiger partial charge in [-0.1, -0.05) is 239 Å². The lowest BCUT2D eigenvalue weighted by Crippen LogP contribution is -2.45. The number of aliphatic hydroxyl groups is 2.